The van der Waals surface area contributed by atoms with E-state index < -0.39 is 0 Å². The number of carbonyl (C=O) groups is 1. The van der Waals surface area contributed by atoms with Crippen molar-refractivity contribution < 1.29 is 9.90 Å². The fourth-order valence-electron chi connectivity index (χ4n) is 1.67. The van der Waals surface area contributed by atoms with Crippen LogP contribution in [-0.2, 0) is 4.79 Å². The van der Waals surface area contributed by atoms with Crippen molar-refractivity contribution in [1.29, 1.82) is 0 Å². The van der Waals surface area contributed by atoms with Gasteiger partial charge in [-0.25, -0.2) is 0 Å². The molecule has 0 bridgehead atoms. The van der Waals surface area contributed by atoms with Gasteiger partial charge in [-0.05, 0) is 26.2 Å². The minimum absolute atomic E-state index is 0.187. The van der Waals surface area contributed by atoms with E-state index in [2.05, 4.69) is 13.0 Å². The van der Waals surface area contributed by atoms with Gasteiger partial charge in [-0.2, -0.15) is 0 Å². The Morgan fingerprint density at radius 1 is 1.57 bits per heavy atom. The van der Waals surface area contributed by atoms with Crippen LogP contribution in [0.3, 0.4) is 0 Å². The first-order valence-corrected chi connectivity index (χ1v) is 5.28. The summed E-state index contributed by atoms with van der Waals surface area (Å²) in [7, 11) is 0. The Morgan fingerprint density at radius 3 is 3.00 bits per heavy atom. The normalized spacial score (nSPS) is 16.7. The van der Waals surface area contributed by atoms with Gasteiger partial charge in [-0.3, -0.25) is 4.79 Å². The number of unbranched alkanes of at least 4 members (excludes halogenated alkanes) is 1. The molecule has 0 saturated carbocycles. The van der Waals surface area contributed by atoms with Crippen LogP contribution >= 0.6 is 0 Å². The van der Waals surface area contributed by atoms with Crippen LogP contribution in [0.5, 0.6) is 0 Å². The van der Waals surface area contributed by atoms with Crippen LogP contribution in [0, 0.1) is 0 Å². The van der Waals surface area contributed by atoms with Crippen molar-refractivity contribution in [2.24, 2.45) is 0 Å². The summed E-state index contributed by atoms with van der Waals surface area (Å²) in [5.41, 5.74) is 1.28. The van der Waals surface area contributed by atoms with Crippen molar-refractivity contribution >= 4 is 5.91 Å². The molecule has 0 fully saturated rings. The quantitative estimate of drug-likeness (QED) is 0.545. The highest BCUT2D eigenvalue weighted by molar-refractivity contribution is 5.76. The maximum Gasteiger partial charge on any atom is 0.222 e. The number of aliphatic hydroxyl groups excluding tert-OH is 1. The number of amides is 1. The Bertz CT molecular complexity index is 223. The van der Waals surface area contributed by atoms with Gasteiger partial charge in [0.2, 0.25) is 5.91 Å². The lowest BCUT2D eigenvalue weighted by Gasteiger charge is -2.26. The Morgan fingerprint density at radius 2 is 2.36 bits per heavy atom. The van der Waals surface area contributed by atoms with Crippen molar-refractivity contribution in [3.05, 3.63) is 11.6 Å². The first kappa shape index (κ1) is 11.2. The highest BCUT2D eigenvalue weighted by atomic mass is 16.3. The molecule has 0 spiro atoms. The molecule has 0 aliphatic carbocycles. The molecule has 0 aromatic rings. The van der Waals surface area contributed by atoms with E-state index in [1.807, 2.05) is 4.90 Å². The van der Waals surface area contributed by atoms with E-state index in [-0.39, 0.29) is 12.5 Å². The predicted molar refractivity (Wildman–Crippen MR) is 55.9 cm³/mol. The van der Waals surface area contributed by atoms with Crippen LogP contribution in [0.15, 0.2) is 11.6 Å². The fraction of sp³-hybridized carbons (Fsp3) is 0.727. The third-order valence-electron chi connectivity index (χ3n) is 2.48. The van der Waals surface area contributed by atoms with Crippen molar-refractivity contribution in [3.8, 4) is 0 Å². The molecular formula is C11H19NO2. The number of hydrogen-bond donors (Lipinski definition) is 1. The van der Waals surface area contributed by atoms with E-state index in [4.69, 9.17) is 5.11 Å². The zero-order valence-electron chi connectivity index (χ0n) is 8.83. The van der Waals surface area contributed by atoms with Gasteiger partial charge in [-0.1, -0.05) is 11.6 Å². The molecule has 80 valence electrons. The SMILES string of the molecule is CC1=CCCN(C(=O)CCCCO)C1. The first-order valence-electron chi connectivity index (χ1n) is 5.28. The zero-order chi connectivity index (χ0) is 10.4. The molecule has 1 aliphatic heterocycles. The van der Waals surface area contributed by atoms with Gasteiger partial charge in [0.25, 0.3) is 0 Å². The summed E-state index contributed by atoms with van der Waals surface area (Å²) in [5.74, 6) is 0.228. The summed E-state index contributed by atoms with van der Waals surface area (Å²) in [5, 5.41) is 8.60. The molecule has 1 heterocycles. The highest BCUT2D eigenvalue weighted by Crippen LogP contribution is 2.11. The van der Waals surface area contributed by atoms with Crippen LogP contribution < -0.4 is 0 Å². The van der Waals surface area contributed by atoms with Gasteiger partial charge in [-0.15, -0.1) is 0 Å². The minimum Gasteiger partial charge on any atom is -0.396 e. The summed E-state index contributed by atoms with van der Waals surface area (Å²) in [6.07, 6.45) is 5.28. The van der Waals surface area contributed by atoms with Crippen molar-refractivity contribution in [1.82, 2.24) is 4.90 Å². The molecule has 0 radical (unpaired) electrons. The van der Waals surface area contributed by atoms with Crippen LogP contribution in [0.4, 0.5) is 0 Å². The summed E-state index contributed by atoms with van der Waals surface area (Å²) in [6.45, 7) is 3.90. The third-order valence-corrected chi connectivity index (χ3v) is 2.48. The van der Waals surface area contributed by atoms with Crippen LogP contribution in [0.25, 0.3) is 0 Å². The zero-order valence-corrected chi connectivity index (χ0v) is 8.83. The molecule has 0 saturated heterocycles. The van der Waals surface area contributed by atoms with E-state index >= 15 is 0 Å². The van der Waals surface area contributed by atoms with Gasteiger partial charge in [0, 0.05) is 26.1 Å². The molecular weight excluding hydrogens is 178 g/mol. The maximum atomic E-state index is 11.6. The lowest BCUT2D eigenvalue weighted by Crippen LogP contribution is -2.35. The van der Waals surface area contributed by atoms with Crippen molar-refractivity contribution in [2.45, 2.75) is 32.6 Å². The van der Waals surface area contributed by atoms with Crippen LogP contribution in [0.2, 0.25) is 0 Å². The number of hydrogen-bond acceptors (Lipinski definition) is 2. The average molecular weight is 197 g/mol. The Balaban J connectivity index is 2.27. The predicted octanol–water partition coefficient (Wildman–Crippen LogP) is 1.33. The summed E-state index contributed by atoms with van der Waals surface area (Å²) in [4.78, 5) is 13.5. The number of carbonyl (C=O) groups excluding carboxylic acids is 1. The summed E-state index contributed by atoms with van der Waals surface area (Å²) in [6, 6.07) is 0. The van der Waals surface area contributed by atoms with E-state index in [1.54, 1.807) is 0 Å². The van der Waals surface area contributed by atoms with Crippen LogP contribution in [-0.4, -0.2) is 35.6 Å². The highest BCUT2D eigenvalue weighted by Gasteiger charge is 2.15. The minimum atomic E-state index is 0.187. The molecule has 14 heavy (non-hydrogen) atoms. The molecule has 3 heteroatoms. The van der Waals surface area contributed by atoms with Gasteiger partial charge < -0.3 is 10.0 Å². The molecule has 1 rings (SSSR count). The topological polar surface area (TPSA) is 40.5 Å². The molecule has 1 amide bonds. The van der Waals surface area contributed by atoms with E-state index in [9.17, 15) is 4.79 Å². The molecule has 0 aromatic heterocycles. The average Bonchev–Trinajstić information content (AvgIpc) is 2.18. The van der Waals surface area contributed by atoms with Crippen molar-refractivity contribution in [2.75, 3.05) is 19.7 Å². The number of aliphatic hydroxyl groups is 1. The second-order valence-electron chi connectivity index (χ2n) is 3.84. The Hall–Kier alpha value is -0.830. The summed E-state index contributed by atoms with van der Waals surface area (Å²) >= 11 is 0. The molecule has 1 N–H and O–H groups in total. The van der Waals surface area contributed by atoms with Crippen molar-refractivity contribution in [3.63, 3.8) is 0 Å². The number of nitrogens with zero attached hydrogens (tertiary/aromatic N) is 1. The first-order chi connectivity index (χ1) is 6.74. The van der Waals surface area contributed by atoms with Gasteiger partial charge >= 0.3 is 0 Å². The maximum absolute atomic E-state index is 11.6. The second-order valence-corrected chi connectivity index (χ2v) is 3.84. The third kappa shape index (κ3) is 3.50. The van der Waals surface area contributed by atoms with Gasteiger partial charge in [0.05, 0.1) is 0 Å². The van der Waals surface area contributed by atoms with E-state index in [0.29, 0.717) is 6.42 Å². The number of rotatable bonds is 4. The van der Waals surface area contributed by atoms with E-state index in [1.165, 1.54) is 5.57 Å². The lowest BCUT2D eigenvalue weighted by molar-refractivity contribution is -0.131. The lowest BCUT2D eigenvalue weighted by atomic mass is 10.1. The molecule has 0 aromatic carbocycles. The smallest absolute Gasteiger partial charge is 0.222 e. The molecule has 3 nitrogen and oxygen atoms in total. The summed E-state index contributed by atoms with van der Waals surface area (Å²) < 4.78 is 0. The Labute approximate surface area is 85.4 Å². The fourth-order valence-corrected chi connectivity index (χ4v) is 1.67. The monoisotopic (exact) mass is 197 g/mol. The molecule has 0 atom stereocenters. The van der Waals surface area contributed by atoms with Gasteiger partial charge in [0.15, 0.2) is 0 Å². The largest absolute Gasteiger partial charge is 0.396 e. The second kappa shape index (κ2) is 5.81. The van der Waals surface area contributed by atoms with Crippen LogP contribution in [0.1, 0.15) is 32.6 Å². The standard InChI is InChI=1S/C11H19NO2/c1-10-5-4-7-12(9-10)11(14)6-2-3-8-13/h5,13H,2-4,6-9H2,1H3. The van der Waals surface area contributed by atoms with Gasteiger partial charge in [0.1, 0.15) is 0 Å². The Kier molecular flexibility index (Phi) is 4.66. The van der Waals surface area contributed by atoms with E-state index in [0.717, 1.165) is 32.4 Å². The molecule has 1 aliphatic rings. The molecule has 0 unspecified atom stereocenters.